The fourth-order valence-electron chi connectivity index (χ4n) is 4.96. The van der Waals surface area contributed by atoms with Crippen LogP contribution in [0.2, 0.25) is 0 Å². The number of urea groups is 1. The zero-order valence-corrected chi connectivity index (χ0v) is 27.7. The first-order valence-corrected chi connectivity index (χ1v) is 15.7. The lowest BCUT2D eigenvalue weighted by Gasteiger charge is -2.36. The number of fused-ring (bicyclic) bond motifs is 1. The molecular weight excluding hydrogens is 576 g/mol. The number of carbonyl (C=O) groups is 3. The molecule has 4 amide bonds. The van der Waals surface area contributed by atoms with E-state index >= 15 is 0 Å². The Hall–Kier alpha value is -3.83. The van der Waals surface area contributed by atoms with Gasteiger partial charge >= 0.3 is 12.1 Å². The monoisotopic (exact) mass is 626 g/mol. The van der Waals surface area contributed by atoms with Gasteiger partial charge in [0.25, 0.3) is 5.91 Å². The van der Waals surface area contributed by atoms with Gasteiger partial charge in [-0.25, -0.2) is 9.59 Å². The van der Waals surface area contributed by atoms with Gasteiger partial charge in [0.2, 0.25) is 0 Å². The summed E-state index contributed by atoms with van der Waals surface area (Å²) >= 11 is 0. The van der Waals surface area contributed by atoms with Gasteiger partial charge in [0.15, 0.2) is 0 Å². The van der Waals surface area contributed by atoms with Gasteiger partial charge in [-0.3, -0.25) is 4.79 Å². The molecule has 0 spiro atoms. The number of hydrogen-bond donors (Lipinski definition) is 3. The summed E-state index contributed by atoms with van der Waals surface area (Å²) in [6.45, 7) is 11.9. The van der Waals surface area contributed by atoms with Crippen molar-refractivity contribution in [1.82, 2.24) is 9.80 Å². The normalized spacial score (nSPS) is 20.6. The molecule has 3 N–H and O–H groups in total. The molecule has 0 aliphatic carbocycles. The van der Waals surface area contributed by atoms with Crippen molar-refractivity contribution in [2.75, 3.05) is 44.0 Å². The summed E-state index contributed by atoms with van der Waals surface area (Å²) in [7, 11) is 1.67. The number of likely N-dealkylation sites (N-methyl/N-ethyl adjacent to an activating group) is 1. The number of ether oxygens (including phenoxy) is 3. The van der Waals surface area contributed by atoms with Gasteiger partial charge in [-0.15, -0.1) is 0 Å². The van der Waals surface area contributed by atoms with Gasteiger partial charge in [0, 0.05) is 37.5 Å². The summed E-state index contributed by atoms with van der Waals surface area (Å²) in [6.07, 6.45) is 1.36. The second kappa shape index (κ2) is 16.5. The van der Waals surface area contributed by atoms with E-state index in [9.17, 15) is 19.5 Å². The Morgan fingerprint density at radius 2 is 1.78 bits per heavy atom. The van der Waals surface area contributed by atoms with Crippen LogP contribution in [0.1, 0.15) is 71.2 Å². The molecule has 2 aromatic rings. The molecule has 4 atom stereocenters. The SMILES string of the molecule is C[C@@H]1CN([C@@H](C)CO)C(=O)c2cc(NC(=O)Nc3ccccc3)ccc2O[C@@H](C)CCCCO[C@H]1CN(C)C(=O)OC(C)(C)C. The Morgan fingerprint density at radius 1 is 1.09 bits per heavy atom. The third-order valence-electron chi connectivity index (χ3n) is 7.50. The van der Waals surface area contributed by atoms with E-state index in [0.717, 1.165) is 19.3 Å². The molecule has 0 unspecified atom stereocenters. The first-order chi connectivity index (χ1) is 21.3. The van der Waals surface area contributed by atoms with E-state index in [4.69, 9.17) is 14.2 Å². The standard InChI is InChI=1S/C34H50N4O7/c1-23-20-38(24(2)22-39)31(40)28-19-27(36-32(41)35-26-14-9-8-10-15-26)16-17-29(28)44-25(3)13-11-12-18-43-30(23)21-37(7)33(42)45-34(4,5)6/h8-10,14-17,19,23-25,30,39H,11-13,18,20-22H2,1-7H3,(H2,35,36,41)/t23-,24+,25+,30+/m1/s1. The molecule has 11 nitrogen and oxygen atoms in total. The van der Waals surface area contributed by atoms with Crippen LogP contribution in [0.3, 0.4) is 0 Å². The van der Waals surface area contributed by atoms with E-state index in [-0.39, 0.29) is 43.2 Å². The van der Waals surface area contributed by atoms with Crippen LogP contribution in [-0.2, 0) is 9.47 Å². The van der Waals surface area contributed by atoms with Crippen LogP contribution in [0.5, 0.6) is 5.75 Å². The molecule has 3 rings (SSSR count). The minimum absolute atomic E-state index is 0.184. The van der Waals surface area contributed by atoms with E-state index in [1.54, 1.807) is 49.2 Å². The molecule has 0 radical (unpaired) electrons. The van der Waals surface area contributed by atoms with Gasteiger partial charge in [-0.1, -0.05) is 25.1 Å². The van der Waals surface area contributed by atoms with Crippen LogP contribution >= 0.6 is 0 Å². The van der Waals surface area contributed by atoms with E-state index in [1.165, 1.54) is 4.90 Å². The van der Waals surface area contributed by atoms with Crippen LogP contribution in [0, 0.1) is 5.92 Å². The van der Waals surface area contributed by atoms with E-state index in [0.29, 0.717) is 23.7 Å². The molecule has 1 aliphatic heterocycles. The number of nitrogens with zero attached hydrogens (tertiary/aromatic N) is 2. The average molecular weight is 627 g/mol. The van der Waals surface area contributed by atoms with Crippen LogP contribution < -0.4 is 15.4 Å². The highest BCUT2D eigenvalue weighted by molar-refractivity contribution is 6.02. The summed E-state index contributed by atoms with van der Waals surface area (Å²) < 4.78 is 18.1. The van der Waals surface area contributed by atoms with E-state index in [2.05, 4.69) is 10.6 Å². The van der Waals surface area contributed by atoms with E-state index < -0.39 is 29.9 Å². The second-order valence-corrected chi connectivity index (χ2v) is 12.8. The fourth-order valence-corrected chi connectivity index (χ4v) is 4.96. The summed E-state index contributed by atoms with van der Waals surface area (Å²) in [5, 5.41) is 15.8. The van der Waals surface area contributed by atoms with Crippen molar-refractivity contribution in [3.8, 4) is 5.75 Å². The largest absolute Gasteiger partial charge is 0.490 e. The molecule has 45 heavy (non-hydrogen) atoms. The van der Waals surface area contributed by atoms with Crippen LogP contribution in [0.25, 0.3) is 0 Å². The zero-order chi connectivity index (χ0) is 33.1. The number of nitrogens with one attached hydrogen (secondary N) is 2. The average Bonchev–Trinajstić information content (AvgIpc) is 2.98. The van der Waals surface area contributed by atoms with Crippen molar-refractivity contribution >= 4 is 29.4 Å². The Morgan fingerprint density at radius 3 is 2.44 bits per heavy atom. The number of carbonyl (C=O) groups excluding carboxylic acids is 3. The molecule has 2 aromatic carbocycles. The smallest absolute Gasteiger partial charge is 0.410 e. The number of benzene rings is 2. The third-order valence-corrected chi connectivity index (χ3v) is 7.50. The molecule has 11 heteroatoms. The Kier molecular flexibility index (Phi) is 13.0. The van der Waals surface area contributed by atoms with Gasteiger partial charge in [0.1, 0.15) is 11.4 Å². The fraction of sp³-hybridized carbons (Fsp3) is 0.559. The Labute approximate surface area is 267 Å². The highest BCUT2D eigenvalue weighted by atomic mass is 16.6. The first kappa shape index (κ1) is 35.6. The maximum absolute atomic E-state index is 14.3. The van der Waals surface area contributed by atoms with Crippen molar-refractivity contribution in [3.05, 3.63) is 54.1 Å². The van der Waals surface area contributed by atoms with Crippen molar-refractivity contribution in [2.45, 2.75) is 84.7 Å². The molecule has 0 fully saturated rings. The maximum Gasteiger partial charge on any atom is 0.410 e. The highest BCUT2D eigenvalue weighted by Gasteiger charge is 2.31. The third kappa shape index (κ3) is 11.2. The van der Waals surface area contributed by atoms with Gasteiger partial charge in [0.05, 0.1) is 37.0 Å². The van der Waals surface area contributed by atoms with Crippen molar-refractivity contribution in [3.63, 3.8) is 0 Å². The molecule has 1 heterocycles. The number of aliphatic hydroxyl groups is 1. The quantitative estimate of drug-likeness (QED) is 0.359. The molecule has 1 aliphatic rings. The maximum atomic E-state index is 14.3. The number of para-hydroxylation sites is 1. The molecule has 0 saturated heterocycles. The van der Waals surface area contributed by atoms with Crippen LogP contribution in [0.4, 0.5) is 21.0 Å². The molecule has 0 bridgehead atoms. The first-order valence-electron chi connectivity index (χ1n) is 15.7. The predicted octanol–water partition coefficient (Wildman–Crippen LogP) is 5.99. The van der Waals surface area contributed by atoms with Crippen LogP contribution in [0.15, 0.2) is 48.5 Å². The van der Waals surface area contributed by atoms with Gasteiger partial charge in [-0.2, -0.15) is 0 Å². The lowest BCUT2D eigenvalue weighted by molar-refractivity contribution is -0.0251. The summed E-state index contributed by atoms with van der Waals surface area (Å²) in [6, 6.07) is 13.1. The molecular formula is C34H50N4O7. The lowest BCUT2D eigenvalue weighted by atomic mass is 10.0. The Bertz CT molecular complexity index is 1270. The second-order valence-electron chi connectivity index (χ2n) is 12.8. The summed E-state index contributed by atoms with van der Waals surface area (Å²) in [4.78, 5) is 42.9. The topological polar surface area (TPSA) is 130 Å². The van der Waals surface area contributed by atoms with E-state index in [1.807, 2.05) is 52.8 Å². The zero-order valence-electron chi connectivity index (χ0n) is 27.7. The summed E-state index contributed by atoms with van der Waals surface area (Å²) in [5.74, 6) is -0.162. The van der Waals surface area contributed by atoms with Crippen molar-refractivity contribution in [1.29, 1.82) is 0 Å². The number of aliphatic hydroxyl groups excluding tert-OH is 1. The molecule has 248 valence electrons. The number of amides is 4. The number of anilines is 2. The summed E-state index contributed by atoms with van der Waals surface area (Å²) in [5.41, 5.74) is 0.681. The van der Waals surface area contributed by atoms with Crippen LogP contribution in [-0.4, -0.2) is 90.1 Å². The molecule has 0 aromatic heterocycles. The lowest BCUT2D eigenvalue weighted by Crippen LogP contribution is -2.48. The predicted molar refractivity (Wildman–Crippen MR) is 175 cm³/mol. The minimum atomic E-state index is -0.636. The highest BCUT2D eigenvalue weighted by Crippen LogP contribution is 2.29. The van der Waals surface area contributed by atoms with Gasteiger partial charge in [-0.05, 0) is 84.2 Å². The van der Waals surface area contributed by atoms with Crippen molar-refractivity contribution < 1.29 is 33.7 Å². The Balaban J connectivity index is 1.91. The number of rotatable bonds is 6. The number of hydrogen-bond acceptors (Lipinski definition) is 7. The van der Waals surface area contributed by atoms with Crippen molar-refractivity contribution in [2.24, 2.45) is 5.92 Å². The van der Waals surface area contributed by atoms with Gasteiger partial charge < -0.3 is 39.8 Å². The molecule has 0 saturated carbocycles. The minimum Gasteiger partial charge on any atom is -0.490 e.